The molecule has 0 saturated carbocycles. The third-order valence-electron chi connectivity index (χ3n) is 3.52. The van der Waals surface area contributed by atoms with Gasteiger partial charge in [0.15, 0.2) is 6.61 Å². The third kappa shape index (κ3) is 6.92. The fourth-order valence-corrected chi connectivity index (χ4v) is 2.44. The van der Waals surface area contributed by atoms with E-state index < -0.39 is 18.5 Å². The molecule has 2 aromatic rings. The highest BCUT2D eigenvalue weighted by molar-refractivity contribution is 6.33. The second-order valence-corrected chi connectivity index (χ2v) is 6.52. The van der Waals surface area contributed by atoms with Crippen LogP contribution in [0.4, 0.5) is 11.4 Å². The molecule has 2 rings (SSSR count). The van der Waals surface area contributed by atoms with Gasteiger partial charge in [0.05, 0.1) is 17.1 Å². The summed E-state index contributed by atoms with van der Waals surface area (Å²) in [6.45, 7) is 1.39. The molecule has 0 atom stereocenters. The second kappa shape index (κ2) is 9.94. The highest BCUT2D eigenvalue weighted by Gasteiger charge is 2.12. The summed E-state index contributed by atoms with van der Waals surface area (Å²) in [4.78, 5) is 35.3. The molecule has 0 bridgehead atoms. The van der Waals surface area contributed by atoms with E-state index in [1.165, 1.54) is 0 Å². The standard InChI is InChI=1S/C19H18Cl2N2O4/c1-12-6-7-13(10-15(12)21)22-17(24)8-9-19(26)27-11-18(25)23-16-5-3-2-4-14(16)20/h2-7,10H,8-9,11H2,1H3,(H,22,24)(H,23,25). The maximum Gasteiger partial charge on any atom is 0.306 e. The van der Waals surface area contributed by atoms with Gasteiger partial charge in [0.25, 0.3) is 5.91 Å². The SMILES string of the molecule is Cc1ccc(NC(=O)CCC(=O)OCC(=O)Nc2ccccc2Cl)cc1Cl. The molecule has 0 aromatic heterocycles. The van der Waals surface area contributed by atoms with Gasteiger partial charge < -0.3 is 15.4 Å². The Bertz CT molecular complexity index is 855. The normalized spacial score (nSPS) is 10.2. The molecule has 0 aliphatic carbocycles. The summed E-state index contributed by atoms with van der Waals surface area (Å²) in [5.41, 5.74) is 1.87. The second-order valence-electron chi connectivity index (χ2n) is 5.70. The van der Waals surface area contributed by atoms with Gasteiger partial charge >= 0.3 is 5.97 Å². The molecular weight excluding hydrogens is 391 g/mol. The summed E-state index contributed by atoms with van der Waals surface area (Å²) in [5, 5.41) is 6.10. The number of benzene rings is 2. The number of hydrogen-bond donors (Lipinski definition) is 2. The van der Waals surface area contributed by atoms with Crippen molar-refractivity contribution in [1.29, 1.82) is 0 Å². The molecule has 2 amide bonds. The Balaban J connectivity index is 1.70. The lowest BCUT2D eigenvalue weighted by Crippen LogP contribution is -2.22. The zero-order valence-corrected chi connectivity index (χ0v) is 16.1. The Morgan fingerprint density at radius 3 is 2.37 bits per heavy atom. The van der Waals surface area contributed by atoms with Crippen molar-refractivity contribution in [1.82, 2.24) is 0 Å². The van der Waals surface area contributed by atoms with Gasteiger partial charge in [-0.3, -0.25) is 14.4 Å². The molecule has 0 spiro atoms. The van der Waals surface area contributed by atoms with Crippen molar-refractivity contribution >= 4 is 52.4 Å². The van der Waals surface area contributed by atoms with E-state index in [2.05, 4.69) is 10.6 Å². The van der Waals surface area contributed by atoms with Gasteiger partial charge in [0, 0.05) is 17.1 Å². The molecule has 0 aliphatic rings. The van der Waals surface area contributed by atoms with Crippen LogP contribution in [0.15, 0.2) is 42.5 Å². The van der Waals surface area contributed by atoms with Gasteiger partial charge in [-0.1, -0.05) is 41.4 Å². The van der Waals surface area contributed by atoms with Crippen LogP contribution >= 0.6 is 23.2 Å². The van der Waals surface area contributed by atoms with Crippen LogP contribution in [-0.4, -0.2) is 24.4 Å². The molecule has 2 aromatic carbocycles. The van der Waals surface area contributed by atoms with Gasteiger partial charge in [-0.25, -0.2) is 0 Å². The maximum absolute atomic E-state index is 11.9. The average Bonchev–Trinajstić information content (AvgIpc) is 2.63. The Hall–Kier alpha value is -2.57. The number of anilines is 2. The fourth-order valence-electron chi connectivity index (χ4n) is 2.08. The number of nitrogens with one attached hydrogen (secondary N) is 2. The quantitative estimate of drug-likeness (QED) is 0.672. The Kier molecular flexibility index (Phi) is 7.64. The number of hydrogen-bond acceptors (Lipinski definition) is 4. The van der Waals surface area contributed by atoms with Crippen molar-refractivity contribution in [3.63, 3.8) is 0 Å². The molecule has 0 aliphatic heterocycles. The van der Waals surface area contributed by atoms with E-state index >= 15 is 0 Å². The molecule has 8 heteroatoms. The number of esters is 1. The smallest absolute Gasteiger partial charge is 0.306 e. The highest BCUT2D eigenvalue weighted by atomic mass is 35.5. The molecule has 0 saturated heterocycles. The number of halogens is 2. The topological polar surface area (TPSA) is 84.5 Å². The summed E-state index contributed by atoms with van der Waals surface area (Å²) in [6, 6.07) is 11.8. The molecule has 27 heavy (non-hydrogen) atoms. The number of carbonyl (C=O) groups excluding carboxylic acids is 3. The zero-order valence-electron chi connectivity index (χ0n) is 14.6. The van der Waals surface area contributed by atoms with Crippen molar-refractivity contribution in [3.05, 3.63) is 58.1 Å². The summed E-state index contributed by atoms with van der Waals surface area (Å²) < 4.78 is 4.86. The monoisotopic (exact) mass is 408 g/mol. The maximum atomic E-state index is 11.9. The van der Waals surface area contributed by atoms with Crippen molar-refractivity contribution in [2.24, 2.45) is 0 Å². The Morgan fingerprint density at radius 1 is 0.926 bits per heavy atom. The van der Waals surface area contributed by atoms with Crippen molar-refractivity contribution in [3.8, 4) is 0 Å². The zero-order chi connectivity index (χ0) is 19.8. The van der Waals surface area contributed by atoms with Gasteiger partial charge in [-0.15, -0.1) is 0 Å². The molecule has 142 valence electrons. The van der Waals surface area contributed by atoms with E-state index in [4.69, 9.17) is 27.9 Å². The number of amides is 2. The van der Waals surface area contributed by atoms with Crippen LogP contribution in [-0.2, 0) is 19.1 Å². The summed E-state index contributed by atoms with van der Waals surface area (Å²) in [6.07, 6.45) is -0.221. The lowest BCUT2D eigenvalue weighted by atomic mass is 10.2. The minimum absolute atomic E-state index is 0.0730. The highest BCUT2D eigenvalue weighted by Crippen LogP contribution is 2.21. The molecular formula is C19H18Cl2N2O4. The van der Waals surface area contributed by atoms with Gasteiger partial charge in [-0.2, -0.15) is 0 Å². The van der Waals surface area contributed by atoms with E-state index in [1.54, 1.807) is 42.5 Å². The summed E-state index contributed by atoms with van der Waals surface area (Å²) in [5.74, 6) is -1.52. The summed E-state index contributed by atoms with van der Waals surface area (Å²) in [7, 11) is 0. The first-order valence-corrected chi connectivity index (χ1v) is 8.87. The van der Waals surface area contributed by atoms with Gasteiger partial charge in [-0.05, 0) is 36.8 Å². The minimum atomic E-state index is -0.651. The predicted octanol–water partition coefficient (Wildman–Crippen LogP) is 4.20. The van der Waals surface area contributed by atoms with E-state index in [1.807, 2.05) is 6.92 Å². The van der Waals surface area contributed by atoms with E-state index in [9.17, 15) is 14.4 Å². The molecule has 0 heterocycles. The molecule has 0 unspecified atom stereocenters. The Morgan fingerprint density at radius 2 is 1.67 bits per heavy atom. The molecule has 0 fully saturated rings. The lowest BCUT2D eigenvalue weighted by Gasteiger charge is -2.08. The van der Waals surface area contributed by atoms with Crippen LogP contribution in [0, 0.1) is 6.92 Å². The minimum Gasteiger partial charge on any atom is -0.456 e. The number of ether oxygens (including phenoxy) is 1. The van der Waals surface area contributed by atoms with Crippen LogP contribution in [0.1, 0.15) is 18.4 Å². The molecule has 6 nitrogen and oxygen atoms in total. The fraction of sp³-hybridized carbons (Fsp3) is 0.211. The van der Waals surface area contributed by atoms with Crippen molar-refractivity contribution in [2.75, 3.05) is 17.2 Å². The van der Waals surface area contributed by atoms with Gasteiger partial charge in [0.1, 0.15) is 0 Å². The number of aryl methyl sites for hydroxylation is 1. The van der Waals surface area contributed by atoms with E-state index in [-0.39, 0.29) is 18.7 Å². The first-order chi connectivity index (χ1) is 12.8. The Labute approximate surface area is 166 Å². The lowest BCUT2D eigenvalue weighted by molar-refractivity contribution is -0.147. The third-order valence-corrected chi connectivity index (χ3v) is 4.26. The number of rotatable bonds is 7. The van der Waals surface area contributed by atoms with E-state index in [0.717, 1.165) is 5.56 Å². The molecule has 2 N–H and O–H groups in total. The predicted molar refractivity (Wildman–Crippen MR) is 105 cm³/mol. The van der Waals surface area contributed by atoms with Crippen LogP contribution in [0.2, 0.25) is 10.0 Å². The summed E-state index contributed by atoms with van der Waals surface area (Å²) >= 11 is 11.9. The first-order valence-electron chi connectivity index (χ1n) is 8.11. The largest absolute Gasteiger partial charge is 0.456 e. The number of carbonyl (C=O) groups is 3. The van der Waals surface area contributed by atoms with Crippen molar-refractivity contribution < 1.29 is 19.1 Å². The number of para-hydroxylation sites is 1. The van der Waals surface area contributed by atoms with Crippen LogP contribution in [0.3, 0.4) is 0 Å². The van der Waals surface area contributed by atoms with Crippen LogP contribution in [0.5, 0.6) is 0 Å². The first kappa shape index (κ1) is 20.7. The van der Waals surface area contributed by atoms with Crippen molar-refractivity contribution in [2.45, 2.75) is 19.8 Å². The molecule has 0 radical (unpaired) electrons. The van der Waals surface area contributed by atoms with Gasteiger partial charge in [0.2, 0.25) is 5.91 Å². The average molecular weight is 409 g/mol. The van der Waals surface area contributed by atoms with Crippen LogP contribution in [0.25, 0.3) is 0 Å². The van der Waals surface area contributed by atoms with E-state index in [0.29, 0.717) is 21.4 Å². The van der Waals surface area contributed by atoms with Crippen LogP contribution < -0.4 is 10.6 Å².